The quantitative estimate of drug-likeness (QED) is 0.486. The largest absolute Gasteiger partial charge is 0.325 e. The fourth-order valence-electron chi connectivity index (χ4n) is 3.07. The molecular weight excluding hydrogens is 373 g/mol. The van der Waals surface area contributed by atoms with Gasteiger partial charge >= 0.3 is 6.03 Å². The molecule has 0 aromatic heterocycles. The molecular formula is C19H25ClFN3O3. The lowest BCUT2D eigenvalue weighted by Crippen LogP contribution is -2.44. The number of imide groups is 1. The number of hydrogen-bond donors (Lipinski definition) is 2. The molecule has 4 amide bonds. The third-order valence-corrected chi connectivity index (χ3v) is 4.95. The Morgan fingerprint density at radius 2 is 1.96 bits per heavy atom. The molecule has 1 aromatic rings. The van der Waals surface area contributed by atoms with Crippen LogP contribution < -0.4 is 10.6 Å². The summed E-state index contributed by atoms with van der Waals surface area (Å²) in [7, 11) is 0. The zero-order valence-electron chi connectivity index (χ0n) is 15.6. The Morgan fingerprint density at radius 1 is 1.26 bits per heavy atom. The summed E-state index contributed by atoms with van der Waals surface area (Å²) in [6.45, 7) is 3.38. The second kappa shape index (κ2) is 9.17. The zero-order chi connectivity index (χ0) is 20.0. The van der Waals surface area contributed by atoms with E-state index in [0.29, 0.717) is 6.42 Å². The summed E-state index contributed by atoms with van der Waals surface area (Å²) in [4.78, 5) is 37.9. The number of unbranched alkanes of at least 4 members (excludes halogenated alkanes) is 4. The summed E-state index contributed by atoms with van der Waals surface area (Å²) in [5.74, 6) is -1.52. The van der Waals surface area contributed by atoms with Crippen LogP contribution in [-0.2, 0) is 9.59 Å². The van der Waals surface area contributed by atoms with Gasteiger partial charge in [-0.1, -0.05) is 50.6 Å². The number of nitrogens with zero attached hydrogens (tertiary/aromatic N) is 1. The van der Waals surface area contributed by atoms with E-state index in [1.807, 2.05) is 0 Å². The van der Waals surface area contributed by atoms with Gasteiger partial charge in [-0.3, -0.25) is 14.5 Å². The number of benzene rings is 1. The van der Waals surface area contributed by atoms with Crippen molar-refractivity contribution in [3.63, 3.8) is 0 Å². The standard InChI is InChI=1S/C19H25ClFN3O3/c1-3-4-5-6-7-10-19(2)17(26)24(18(27)23-19)12-16(25)22-15-9-8-13(21)11-14(15)20/h8-9,11H,3-7,10,12H2,1-2H3,(H,22,25)(H,23,27)/t19-/m1/s1. The van der Waals surface area contributed by atoms with Crippen molar-refractivity contribution in [2.75, 3.05) is 11.9 Å². The Labute approximate surface area is 163 Å². The van der Waals surface area contributed by atoms with Gasteiger partial charge in [0, 0.05) is 0 Å². The van der Waals surface area contributed by atoms with Crippen molar-refractivity contribution in [2.45, 2.75) is 57.9 Å². The SMILES string of the molecule is CCCCCCC[C@@]1(C)NC(=O)N(CC(=O)Nc2ccc(F)cc2Cl)C1=O. The summed E-state index contributed by atoms with van der Waals surface area (Å²) in [6, 6.07) is 2.96. The first-order valence-electron chi connectivity index (χ1n) is 9.16. The predicted octanol–water partition coefficient (Wildman–Crippen LogP) is 4.09. The van der Waals surface area contributed by atoms with Crippen LogP contribution in [0.15, 0.2) is 18.2 Å². The fourth-order valence-corrected chi connectivity index (χ4v) is 3.28. The molecule has 0 spiro atoms. The first-order chi connectivity index (χ1) is 12.8. The molecule has 0 aliphatic carbocycles. The van der Waals surface area contributed by atoms with E-state index in [0.717, 1.165) is 49.1 Å². The van der Waals surface area contributed by atoms with Gasteiger partial charge < -0.3 is 10.6 Å². The summed E-state index contributed by atoms with van der Waals surface area (Å²) in [5, 5.41) is 5.22. The van der Waals surface area contributed by atoms with Crippen LogP contribution >= 0.6 is 11.6 Å². The zero-order valence-corrected chi connectivity index (χ0v) is 16.4. The molecule has 1 aromatic carbocycles. The Kier molecular flexibility index (Phi) is 7.18. The number of hydrogen-bond acceptors (Lipinski definition) is 3. The maximum atomic E-state index is 13.1. The number of nitrogens with one attached hydrogen (secondary N) is 2. The molecule has 0 saturated carbocycles. The van der Waals surface area contributed by atoms with Crippen molar-refractivity contribution in [1.29, 1.82) is 0 Å². The molecule has 148 valence electrons. The van der Waals surface area contributed by atoms with E-state index in [1.165, 1.54) is 6.07 Å². The van der Waals surface area contributed by atoms with Crippen LogP contribution in [0, 0.1) is 5.82 Å². The average molecular weight is 398 g/mol. The Hall–Kier alpha value is -2.15. The predicted molar refractivity (Wildman–Crippen MR) is 102 cm³/mol. The van der Waals surface area contributed by atoms with E-state index in [1.54, 1.807) is 6.92 Å². The number of halogens is 2. The van der Waals surface area contributed by atoms with E-state index < -0.39 is 35.7 Å². The summed E-state index contributed by atoms with van der Waals surface area (Å²) >= 11 is 5.87. The highest BCUT2D eigenvalue weighted by atomic mass is 35.5. The molecule has 1 aliphatic heterocycles. The molecule has 0 unspecified atom stereocenters. The van der Waals surface area contributed by atoms with Gasteiger partial charge in [0.15, 0.2) is 0 Å². The second-order valence-electron chi connectivity index (χ2n) is 6.99. The van der Waals surface area contributed by atoms with Crippen LogP contribution in [-0.4, -0.2) is 34.8 Å². The Morgan fingerprint density at radius 3 is 2.63 bits per heavy atom. The summed E-state index contributed by atoms with van der Waals surface area (Å²) in [5.41, 5.74) is -0.773. The van der Waals surface area contributed by atoms with Crippen LogP contribution in [0.1, 0.15) is 52.4 Å². The van der Waals surface area contributed by atoms with Gasteiger partial charge in [0.2, 0.25) is 5.91 Å². The Balaban J connectivity index is 1.93. The van der Waals surface area contributed by atoms with E-state index >= 15 is 0 Å². The minimum atomic E-state index is -0.989. The number of carbonyl (C=O) groups is 3. The maximum Gasteiger partial charge on any atom is 0.325 e. The molecule has 1 saturated heterocycles. The highest BCUT2D eigenvalue weighted by molar-refractivity contribution is 6.33. The lowest BCUT2D eigenvalue weighted by atomic mass is 9.94. The number of amides is 4. The van der Waals surface area contributed by atoms with Gasteiger partial charge in [0.1, 0.15) is 17.9 Å². The normalized spacial score (nSPS) is 19.3. The second-order valence-corrected chi connectivity index (χ2v) is 7.40. The minimum absolute atomic E-state index is 0.0393. The first-order valence-corrected chi connectivity index (χ1v) is 9.53. The molecule has 1 atom stereocenters. The van der Waals surface area contributed by atoms with E-state index in [4.69, 9.17) is 11.6 Å². The molecule has 1 heterocycles. The van der Waals surface area contributed by atoms with Crippen molar-refractivity contribution < 1.29 is 18.8 Å². The molecule has 8 heteroatoms. The topological polar surface area (TPSA) is 78.5 Å². The molecule has 1 aliphatic rings. The van der Waals surface area contributed by atoms with E-state index in [-0.39, 0.29) is 10.7 Å². The van der Waals surface area contributed by atoms with Crippen molar-refractivity contribution in [3.05, 3.63) is 29.0 Å². The van der Waals surface area contributed by atoms with Gasteiger partial charge in [-0.05, 0) is 31.5 Å². The number of carbonyl (C=O) groups excluding carboxylic acids is 3. The maximum absolute atomic E-state index is 13.1. The van der Waals surface area contributed by atoms with Crippen LogP contribution in [0.4, 0.5) is 14.9 Å². The van der Waals surface area contributed by atoms with Gasteiger partial charge in [-0.2, -0.15) is 0 Å². The number of urea groups is 1. The van der Waals surface area contributed by atoms with Gasteiger partial charge in [0.05, 0.1) is 10.7 Å². The minimum Gasteiger partial charge on any atom is -0.323 e. The highest BCUT2D eigenvalue weighted by Gasteiger charge is 2.47. The van der Waals surface area contributed by atoms with Crippen LogP contribution in [0.5, 0.6) is 0 Å². The molecule has 0 bridgehead atoms. The molecule has 0 radical (unpaired) electrons. The van der Waals surface area contributed by atoms with Crippen LogP contribution in [0.3, 0.4) is 0 Å². The summed E-state index contributed by atoms with van der Waals surface area (Å²) < 4.78 is 13.1. The van der Waals surface area contributed by atoms with Gasteiger partial charge in [-0.25, -0.2) is 9.18 Å². The number of rotatable bonds is 9. The van der Waals surface area contributed by atoms with Crippen molar-refractivity contribution >= 4 is 35.1 Å². The lowest BCUT2D eigenvalue weighted by Gasteiger charge is -2.21. The average Bonchev–Trinajstić information content (AvgIpc) is 2.81. The molecule has 27 heavy (non-hydrogen) atoms. The molecule has 1 fully saturated rings. The highest BCUT2D eigenvalue weighted by Crippen LogP contribution is 2.25. The van der Waals surface area contributed by atoms with E-state index in [2.05, 4.69) is 17.6 Å². The molecule has 6 nitrogen and oxygen atoms in total. The Bertz CT molecular complexity index is 728. The lowest BCUT2D eigenvalue weighted by molar-refractivity contribution is -0.133. The smallest absolute Gasteiger partial charge is 0.323 e. The van der Waals surface area contributed by atoms with Gasteiger partial charge in [0.25, 0.3) is 5.91 Å². The monoisotopic (exact) mass is 397 g/mol. The molecule has 2 rings (SSSR count). The molecule has 2 N–H and O–H groups in total. The van der Waals surface area contributed by atoms with Crippen molar-refractivity contribution in [3.8, 4) is 0 Å². The number of anilines is 1. The van der Waals surface area contributed by atoms with Crippen LogP contribution in [0.2, 0.25) is 5.02 Å². The van der Waals surface area contributed by atoms with E-state index in [9.17, 15) is 18.8 Å². The third-order valence-electron chi connectivity index (χ3n) is 4.63. The first kappa shape index (κ1) is 21.2. The van der Waals surface area contributed by atoms with Crippen molar-refractivity contribution in [1.82, 2.24) is 10.2 Å². The third kappa shape index (κ3) is 5.42. The van der Waals surface area contributed by atoms with Crippen LogP contribution in [0.25, 0.3) is 0 Å². The fraction of sp³-hybridized carbons (Fsp3) is 0.526. The van der Waals surface area contributed by atoms with Gasteiger partial charge in [-0.15, -0.1) is 0 Å². The summed E-state index contributed by atoms with van der Waals surface area (Å²) in [6.07, 6.45) is 5.73. The van der Waals surface area contributed by atoms with Crippen molar-refractivity contribution in [2.24, 2.45) is 0 Å².